The van der Waals surface area contributed by atoms with E-state index >= 15 is 0 Å². The van der Waals surface area contributed by atoms with Crippen LogP contribution in [-0.2, 0) is 5.41 Å². The Morgan fingerprint density at radius 3 is 2.29 bits per heavy atom. The van der Waals surface area contributed by atoms with Crippen molar-refractivity contribution in [1.82, 2.24) is 9.97 Å². The maximum Gasteiger partial charge on any atom is 0.161 e. The van der Waals surface area contributed by atoms with Gasteiger partial charge < -0.3 is 9.32 Å². The minimum Gasteiger partial charge on any atom is -0.454 e. The van der Waals surface area contributed by atoms with Gasteiger partial charge in [-0.05, 0) is 83.1 Å². The van der Waals surface area contributed by atoms with Gasteiger partial charge >= 0.3 is 0 Å². The molecule has 1 unspecified atom stereocenters. The van der Waals surface area contributed by atoms with Gasteiger partial charge in [-0.2, -0.15) is 0 Å². The lowest BCUT2D eigenvalue weighted by atomic mass is 9.79. The Morgan fingerprint density at radius 1 is 0.727 bits per heavy atom. The predicted octanol–water partition coefficient (Wildman–Crippen LogP) is 14.2. The molecular weight excluding hydrogens is 691 g/mol. The summed E-state index contributed by atoms with van der Waals surface area (Å²) in [6.07, 6.45) is 5.82. The van der Waals surface area contributed by atoms with E-state index in [1.807, 2.05) is 6.07 Å². The topological polar surface area (TPSA) is 42.2 Å². The average Bonchev–Trinajstić information content (AvgIpc) is 3.87. The van der Waals surface area contributed by atoms with E-state index in [4.69, 9.17) is 14.4 Å². The number of anilines is 3. The first-order chi connectivity index (χ1) is 26.9. The van der Waals surface area contributed by atoms with Crippen LogP contribution in [0.15, 0.2) is 162 Å². The monoisotopic (exact) mass is 727 g/mol. The summed E-state index contributed by atoms with van der Waals surface area (Å²) in [6.45, 7) is 7.05. The number of allylic oxidation sites excluding steroid dienone is 4. The van der Waals surface area contributed by atoms with E-state index in [1.165, 1.54) is 27.0 Å². The molecule has 2 aliphatic rings. The SMILES string of the molecule is CC1C=CC2=C(C1)c1ccc(N(c3ccccc3)c3ccc(-c4nc(-c5ccccc5)c5sc6ccccc6c5n4)c4c3oc3ccccc34)cc1C2(C)C. The molecule has 0 N–H and O–H groups in total. The normalized spacial score (nSPS) is 16.0. The van der Waals surface area contributed by atoms with Gasteiger partial charge in [0.1, 0.15) is 5.58 Å². The summed E-state index contributed by atoms with van der Waals surface area (Å²) in [5, 5.41) is 3.18. The molecule has 1 atom stereocenters. The molecule has 0 saturated heterocycles. The van der Waals surface area contributed by atoms with Crippen molar-refractivity contribution in [3.8, 4) is 22.6 Å². The van der Waals surface area contributed by atoms with Gasteiger partial charge in [0.05, 0.1) is 21.6 Å². The summed E-state index contributed by atoms with van der Waals surface area (Å²) in [5.41, 5.74) is 14.3. The lowest BCUT2D eigenvalue weighted by molar-refractivity contribution is 0.643. The van der Waals surface area contributed by atoms with Gasteiger partial charge in [0, 0.05) is 48.8 Å². The van der Waals surface area contributed by atoms with Crippen molar-refractivity contribution in [3.63, 3.8) is 0 Å². The molecule has 3 aromatic heterocycles. The third-order valence-electron chi connectivity index (χ3n) is 11.6. The molecule has 0 saturated carbocycles. The van der Waals surface area contributed by atoms with Gasteiger partial charge in [-0.3, -0.25) is 0 Å². The largest absolute Gasteiger partial charge is 0.454 e. The lowest BCUT2D eigenvalue weighted by Gasteiger charge is -2.29. The molecule has 55 heavy (non-hydrogen) atoms. The van der Waals surface area contributed by atoms with Gasteiger partial charge in [0.15, 0.2) is 11.4 Å². The number of rotatable bonds is 5. The Morgan fingerprint density at radius 2 is 1.45 bits per heavy atom. The second kappa shape index (κ2) is 12.1. The van der Waals surface area contributed by atoms with Crippen LogP contribution in [0.2, 0.25) is 0 Å². The Kier molecular flexibility index (Phi) is 7.08. The van der Waals surface area contributed by atoms with Crippen LogP contribution in [0.1, 0.15) is 38.3 Å². The maximum atomic E-state index is 6.94. The van der Waals surface area contributed by atoms with E-state index in [-0.39, 0.29) is 5.41 Å². The zero-order chi connectivity index (χ0) is 36.8. The first kappa shape index (κ1) is 32.2. The number of furan rings is 1. The fraction of sp³-hybridized carbons (Fsp3) is 0.120. The first-order valence-corrected chi connectivity index (χ1v) is 19.9. The molecule has 0 aliphatic heterocycles. The number of nitrogens with zero attached hydrogens (tertiary/aromatic N) is 3. The zero-order valence-corrected chi connectivity index (χ0v) is 31.7. The average molecular weight is 728 g/mol. The molecule has 4 nitrogen and oxygen atoms in total. The van der Waals surface area contributed by atoms with Gasteiger partial charge in [-0.15, -0.1) is 11.3 Å². The highest BCUT2D eigenvalue weighted by Gasteiger charge is 2.38. The maximum absolute atomic E-state index is 6.94. The molecule has 2 aliphatic carbocycles. The van der Waals surface area contributed by atoms with E-state index in [2.05, 4.69) is 171 Å². The van der Waals surface area contributed by atoms with Crippen molar-refractivity contribution in [3.05, 3.63) is 168 Å². The fourth-order valence-corrected chi connectivity index (χ4v) is 10.1. The molecule has 0 fully saturated rings. The Bertz CT molecular complexity index is 3060. The van der Waals surface area contributed by atoms with E-state index in [1.54, 1.807) is 11.3 Å². The van der Waals surface area contributed by atoms with E-state index in [9.17, 15) is 0 Å². The van der Waals surface area contributed by atoms with Crippen LogP contribution in [0.4, 0.5) is 17.1 Å². The lowest BCUT2D eigenvalue weighted by Crippen LogP contribution is -2.18. The van der Waals surface area contributed by atoms with Crippen LogP contribution in [0.5, 0.6) is 0 Å². The minimum absolute atomic E-state index is 0.101. The van der Waals surface area contributed by atoms with Gasteiger partial charge in [0.2, 0.25) is 0 Å². The predicted molar refractivity (Wildman–Crippen MR) is 231 cm³/mol. The van der Waals surface area contributed by atoms with Crippen LogP contribution >= 0.6 is 11.3 Å². The number of aromatic nitrogens is 2. The summed E-state index contributed by atoms with van der Waals surface area (Å²) in [5.74, 6) is 1.22. The highest BCUT2D eigenvalue weighted by molar-refractivity contribution is 7.26. The Hall–Kier alpha value is -6.30. The van der Waals surface area contributed by atoms with E-state index < -0.39 is 0 Å². The molecule has 0 amide bonds. The number of hydrogen-bond donors (Lipinski definition) is 0. The third-order valence-corrected chi connectivity index (χ3v) is 12.8. The molecule has 0 bridgehead atoms. The number of para-hydroxylation sites is 2. The summed E-state index contributed by atoms with van der Waals surface area (Å²) in [6, 6.07) is 49.4. The summed E-state index contributed by atoms with van der Waals surface area (Å²) in [7, 11) is 0. The van der Waals surface area contributed by atoms with Crippen LogP contribution in [-0.4, -0.2) is 9.97 Å². The van der Waals surface area contributed by atoms with Gasteiger partial charge in [-0.1, -0.05) is 124 Å². The van der Waals surface area contributed by atoms with Crippen molar-refractivity contribution >= 4 is 76.2 Å². The first-order valence-electron chi connectivity index (χ1n) is 19.1. The number of thiophene rings is 1. The van der Waals surface area contributed by atoms with Crippen LogP contribution < -0.4 is 4.90 Å². The molecule has 264 valence electrons. The smallest absolute Gasteiger partial charge is 0.161 e. The minimum atomic E-state index is -0.101. The fourth-order valence-electron chi connectivity index (χ4n) is 8.98. The third kappa shape index (κ3) is 4.89. The van der Waals surface area contributed by atoms with Crippen LogP contribution in [0.3, 0.4) is 0 Å². The van der Waals surface area contributed by atoms with E-state index in [0.29, 0.717) is 11.7 Å². The highest BCUT2D eigenvalue weighted by atomic mass is 32.1. The van der Waals surface area contributed by atoms with Crippen molar-refractivity contribution < 1.29 is 4.42 Å². The molecule has 9 aromatic rings. The van der Waals surface area contributed by atoms with Crippen molar-refractivity contribution in [2.24, 2.45) is 5.92 Å². The summed E-state index contributed by atoms with van der Waals surface area (Å²) < 4.78 is 9.23. The van der Waals surface area contributed by atoms with Crippen LogP contribution in [0.25, 0.3) is 70.5 Å². The molecule has 11 rings (SSSR count). The van der Waals surface area contributed by atoms with Crippen molar-refractivity contribution in [2.75, 3.05) is 4.90 Å². The molecule has 0 radical (unpaired) electrons. The van der Waals surface area contributed by atoms with Gasteiger partial charge in [-0.25, -0.2) is 9.97 Å². The van der Waals surface area contributed by atoms with Crippen LogP contribution in [0, 0.1) is 5.92 Å². The zero-order valence-electron chi connectivity index (χ0n) is 30.9. The highest BCUT2D eigenvalue weighted by Crippen LogP contribution is 2.53. The van der Waals surface area contributed by atoms with Crippen molar-refractivity contribution in [1.29, 1.82) is 0 Å². The quantitative estimate of drug-likeness (QED) is 0.177. The standard InChI is InChI=1S/C50H37N3OS/c1-30-22-26-39-38(28-30)34-24-23-33(29-40(34)50(39,2)3)53(32-16-8-5-9-17-32)41-27-25-37(44-35-18-10-12-20-42(35)54-47(41)44)49-51-45(31-14-6-4-7-15-31)48-46(52-49)36-19-11-13-21-43(36)55-48/h4-27,29-30H,28H2,1-3H3. The molecule has 5 heteroatoms. The molecule has 6 aromatic carbocycles. The second-order valence-corrected chi connectivity index (χ2v) is 16.5. The molecular formula is C50H37N3OS. The molecule has 0 spiro atoms. The number of hydrogen-bond acceptors (Lipinski definition) is 5. The Balaban J connectivity index is 1.16. The number of fused-ring (bicyclic) bond motifs is 8. The van der Waals surface area contributed by atoms with E-state index in [0.717, 1.165) is 77.8 Å². The summed E-state index contributed by atoms with van der Waals surface area (Å²) in [4.78, 5) is 13.1. The molecule has 3 heterocycles. The van der Waals surface area contributed by atoms with Gasteiger partial charge in [0.25, 0.3) is 0 Å². The second-order valence-electron chi connectivity index (χ2n) is 15.4. The van der Waals surface area contributed by atoms with Crippen molar-refractivity contribution in [2.45, 2.75) is 32.6 Å². The number of benzene rings is 6. The summed E-state index contributed by atoms with van der Waals surface area (Å²) >= 11 is 1.75. The Labute approximate surface area is 323 Å².